The number of amides is 1. The summed E-state index contributed by atoms with van der Waals surface area (Å²) in [7, 11) is 0. The third kappa shape index (κ3) is 3.15. The first-order valence-electron chi connectivity index (χ1n) is 9.30. The van der Waals surface area contributed by atoms with Crippen molar-refractivity contribution in [3.05, 3.63) is 97.1 Å². The van der Waals surface area contributed by atoms with Gasteiger partial charge in [0.2, 0.25) is 0 Å². The topological polar surface area (TPSA) is 37.4 Å². The molecule has 1 unspecified atom stereocenters. The van der Waals surface area contributed by atoms with Gasteiger partial charge < -0.3 is 4.90 Å². The molecule has 0 bridgehead atoms. The number of allylic oxidation sites excluding steroid dienone is 2. The maximum Gasteiger partial charge on any atom is 0.262 e. The summed E-state index contributed by atoms with van der Waals surface area (Å²) in [6.07, 6.45) is 3.50. The molecule has 1 aliphatic heterocycles. The Kier molecular flexibility index (Phi) is 5.38. The van der Waals surface area contributed by atoms with E-state index in [1.165, 1.54) is 0 Å². The minimum Gasteiger partial charge on any atom is -0.317 e. The van der Waals surface area contributed by atoms with Crippen LogP contribution in [0.4, 0.5) is 0 Å². The number of carbonyl (C=O) groups is 2. The van der Waals surface area contributed by atoms with E-state index in [4.69, 9.17) is 0 Å². The van der Waals surface area contributed by atoms with Gasteiger partial charge in [0.05, 0.1) is 4.48 Å². The van der Waals surface area contributed by atoms with Crippen LogP contribution in [-0.4, -0.2) is 22.1 Å². The summed E-state index contributed by atoms with van der Waals surface area (Å²) in [5.74, 6) is -0.0834. The summed E-state index contributed by atoms with van der Waals surface area (Å²) in [6.45, 7) is 4.25. The van der Waals surface area contributed by atoms with Crippen LogP contribution in [0.1, 0.15) is 25.0 Å². The summed E-state index contributed by atoms with van der Waals surface area (Å²) >= 11 is 5.90. The predicted molar refractivity (Wildman–Crippen MR) is 127 cm³/mol. The normalized spacial score (nSPS) is 21.7. The van der Waals surface area contributed by atoms with Gasteiger partial charge in [0, 0.05) is 15.7 Å². The monoisotopic (exact) mass is 559 g/mol. The van der Waals surface area contributed by atoms with E-state index in [0.717, 1.165) is 25.8 Å². The van der Waals surface area contributed by atoms with Gasteiger partial charge in [-0.25, -0.2) is 0 Å². The third-order valence-electron chi connectivity index (χ3n) is 5.79. The van der Waals surface area contributed by atoms with Crippen molar-refractivity contribution in [3.63, 3.8) is 0 Å². The highest BCUT2D eigenvalue weighted by molar-refractivity contribution is 14.1. The van der Waals surface area contributed by atoms with E-state index in [-0.39, 0.29) is 11.7 Å². The molecule has 4 rings (SSSR count). The van der Waals surface area contributed by atoms with Crippen molar-refractivity contribution >= 4 is 55.8 Å². The van der Waals surface area contributed by atoms with Crippen LogP contribution in [0.2, 0.25) is 0 Å². The molecule has 1 aliphatic carbocycles. The van der Waals surface area contributed by atoms with Crippen LogP contribution in [-0.2, 0) is 16.1 Å². The first-order valence-corrected chi connectivity index (χ1v) is 11.2. The van der Waals surface area contributed by atoms with E-state index in [2.05, 4.69) is 38.5 Å². The van der Waals surface area contributed by atoms with E-state index >= 15 is 0 Å². The number of nitrogens with zero attached hydrogens (tertiary/aromatic N) is 1. The molecule has 146 valence electrons. The lowest BCUT2D eigenvalue weighted by Crippen LogP contribution is -2.49. The Balaban J connectivity index is 1.96. The molecule has 0 radical (unpaired) electrons. The van der Waals surface area contributed by atoms with E-state index in [9.17, 15) is 9.59 Å². The lowest BCUT2D eigenvalue weighted by atomic mass is 9.74. The summed E-state index contributed by atoms with van der Waals surface area (Å²) < 4.78 is 1.65. The summed E-state index contributed by atoms with van der Waals surface area (Å²) in [5, 5.41) is 0. The van der Waals surface area contributed by atoms with Crippen molar-refractivity contribution in [2.75, 3.05) is 0 Å². The molecule has 2 aromatic carbocycles. The first kappa shape index (κ1) is 20.3. The fourth-order valence-corrected chi connectivity index (χ4v) is 5.42. The van der Waals surface area contributed by atoms with Crippen LogP contribution in [0, 0.1) is 3.57 Å². The minimum atomic E-state index is -0.797. The highest BCUT2D eigenvalue weighted by atomic mass is 127. The Bertz CT molecular complexity index is 1120. The second-order valence-corrected chi connectivity index (χ2v) is 9.21. The van der Waals surface area contributed by atoms with Crippen LogP contribution < -0.4 is 0 Å². The number of halogens is 2. The number of rotatable bonds is 3. The predicted octanol–water partition coefficient (Wildman–Crippen LogP) is 5.65. The second-order valence-electron chi connectivity index (χ2n) is 7.25. The van der Waals surface area contributed by atoms with E-state index in [1.807, 2.05) is 79.4 Å². The van der Waals surface area contributed by atoms with Crippen molar-refractivity contribution in [1.29, 1.82) is 0 Å². The zero-order valence-electron chi connectivity index (χ0n) is 16.1. The number of benzene rings is 2. The maximum atomic E-state index is 13.5. The maximum absolute atomic E-state index is 13.5. The Morgan fingerprint density at radius 3 is 2.34 bits per heavy atom. The Morgan fingerprint density at radius 2 is 1.66 bits per heavy atom. The lowest BCUT2D eigenvalue weighted by Gasteiger charge is -2.42. The van der Waals surface area contributed by atoms with Crippen LogP contribution in [0.5, 0.6) is 0 Å². The Morgan fingerprint density at radius 1 is 1.00 bits per heavy atom. The first-order chi connectivity index (χ1) is 13.9. The quantitative estimate of drug-likeness (QED) is 0.455. The molecule has 0 saturated heterocycles. The average Bonchev–Trinajstić information content (AvgIpc) is 2.94. The molecule has 1 atom stereocenters. The Labute approximate surface area is 192 Å². The summed E-state index contributed by atoms with van der Waals surface area (Å²) in [5.41, 5.74) is 3.69. The molecular weight excluding hydrogens is 541 g/mol. The zero-order valence-corrected chi connectivity index (χ0v) is 19.8. The van der Waals surface area contributed by atoms with Crippen molar-refractivity contribution in [1.82, 2.24) is 4.90 Å². The molecule has 1 spiro atoms. The van der Waals surface area contributed by atoms with Gasteiger partial charge in [-0.3, -0.25) is 9.59 Å². The molecule has 1 amide bonds. The molecular formula is C24H19BrINO2. The van der Waals surface area contributed by atoms with Crippen molar-refractivity contribution in [2.24, 2.45) is 0 Å². The number of hydrogen-bond donors (Lipinski definition) is 0. The van der Waals surface area contributed by atoms with E-state index < -0.39 is 5.54 Å². The smallest absolute Gasteiger partial charge is 0.262 e. The van der Waals surface area contributed by atoms with Crippen molar-refractivity contribution in [3.8, 4) is 0 Å². The molecule has 0 N–H and O–H groups in total. The molecule has 0 aromatic heterocycles. The third-order valence-corrected chi connectivity index (χ3v) is 7.58. The average molecular weight is 560 g/mol. The van der Waals surface area contributed by atoms with Crippen LogP contribution in [0.25, 0.3) is 5.57 Å². The van der Waals surface area contributed by atoms with Crippen LogP contribution >= 0.6 is 38.5 Å². The molecule has 1 heterocycles. The highest BCUT2D eigenvalue weighted by Gasteiger charge is 2.52. The molecule has 0 saturated carbocycles. The van der Waals surface area contributed by atoms with Gasteiger partial charge in [0.1, 0.15) is 5.54 Å². The van der Waals surface area contributed by atoms with Gasteiger partial charge in [-0.1, -0.05) is 48.5 Å². The summed E-state index contributed by atoms with van der Waals surface area (Å²) in [6, 6.07) is 18.0. The molecule has 29 heavy (non-hydrogen) atoms. The van der Waals surface area contributed by atoms with Gasteiger partial charge in [0.25, 0.3) is 5.91 Å². The SMILES string of the molecule is CC1=C(C)C2(C=CC1=O)C(c1ccccc1)=C(Br)C(=O)N2Cc1ccccc1I. The lowest BCUT2D eigenvalue weighted by molar-refractivity contribution is -0.128. The van der Waals surface area contributed by atoms with Crippen molar-refractivity contribution < 1.29 is 9.59 Å². The van der Waals surface area contributed by atoms with E-state index in [0.29, 0.717) is 16.6 Å². The van der Waals surface area contributed by atoms with Crippen molar-refractivity contribution in [2.45, 2.75) is 25.9 Å². The zero-order chi connectivity index (χ0) is 20.8. The minimum absolute atomic E-state index is 0.00903. The highest BCUT2D eigenvalue weighted by Crippen LogP contribution is 2.51. The van der Waals surface area contributed by atoms with Gasteiger partial charge in [0.15, 0.2) is 5.78 Å². The molecule has 0 fully saturated rings. The number of ketones is 1. The van der Waals surface area contributed by atoms with Gasteiger partial charge >= 0.3 is 0 Å². The van der Waals surface area contributed by atoms with Crippen LogP contribution in [0.15, 0.2) is 82.4 Å². The standard InChI is InChI=1S/C24H19BrINO2/c1-15-16(2)24(13-12-20(15)28)21(17-8-4-3-5-9-17)22(25)23(29)27(24)14-18-10-6-7-11-19(18)26/h3-13H,14H2,1-2H3. The number of hydrogen-bond acceptors (Lipinski definition) is 2. The summed E-state index contributed by atoms with van der Waals surface area (Å²) in [4.78, 5) is 27.8. The second kappa shape index (κ2) is 7.69. The largest absolute Gasteiger partial charge is 0.317 e. The fourth-order valence-electron chi connectivity index (χ4n) is 4.11. The molecule has 2 aromatic rings. The fraction of sp³-hybridized carbons (Fsp3) is 0.167. The molecule has 2 aliphatic rings. The van der Waals surface area contributed by atoms with Gasteiger partial charge in [-0.2, -0.15) is 0 Å². The van der Waals surface area contributed by atoms with Crippen LogP contribution in [0.3, 0.4) is 0 Å². The molecule has 5 heteroatoms. The Hall–Kier alpha value is -1.99. The van der Waals surface area contributed by atoms with E-state index in [1.54, 1.807) is 6.08 Å². The molecule has 3 nitrogen and oxygen atoms in total. The van der Waals surface area contributed by atoms with Gasteiger partial charge in [-0.15, -0.1) is 0 Å². The number of carbonyl (C=O) groups excluding carboxylic acids is 2. The van der Waals surface area contributed by atoms with Gasteiger partial charge in [-0.05, 0) is 92.9 Å².